The van der Waals surface area contributed by atoms with E-state index in [2.05, 4.69) is 24.1 Å². The molecule has 2 saturated heterocycles. The van der Waals surface area contributed by atoms with Gasteiger partial charge in [0.1, 0.15) is 12.8 Å². The number of ether oxygens (including phenoxy) is 1. The van der Waals surface area contributed by atoms with Crippen LogP contribution in [0.2, 0.25) is 0 Å². The molecule has 0 bridgehead atoms. The van der Waals surface area contributed by atoms with Gasteiger partial charge in [-0.25, -0.2) is 4.79 Å². The first-order chi connectivity index (χ1) is 16.7. The molecule has 0 saturated carbocycles. The average Bonchev–Trinajstić information content (AvgIpc) is 2.82. The van der Waals surface area contributed by atoms with Crippen molar-refractivity contribution in [2.75, 3.05) is 26.7 Å². The van der Waals surface area contributed by atoms with E-state index >= 15 is 0 Å². The zero-order valence-electron chi connectivity index (χ0n) is 21.6. The minimum atomic E-state index is -0.734. The standard InChI is InChI=1S/C26H40N4O5/c1-18(2)13-21-15-28(12-11-23(31)27-5)16-24-29(21)25(32)22(14-19(3)4)35-30(24)26(33)34-17-20-9-7-6-8-10-20/h6-10,18-19,21-22,24H,11-17H2,1-5H3,(H,27,31)/t21-,22+,24-/m0/s1. The number of nitrogens with zero attached hydrogens (tertiary/aromatic N) is 3. The summed E-state index contributed by atoms with van der Waals surface area (Å²) < 4.78 is 5.61. The Morgan fingerprint density at radius 1 is 1.09 bits per heavy atom. The molecule has 3 amide bonds. The van der Waals surface area contributed by atoms with Crippen molar-refractivity contribution in [2.45, 2.75) is 71.9 Å². The van der Waals surface area contributed by atoms with E-state index in [1.807, 2.05) is 49.1 Å². The molecule has 2 aliphatic heterocycles. The van der Waals surface area contributed by atoms with Crippen LogP contribution in [0.1, 0.15) is 52.5 Å². The Labute approximate surface area is 208 Å². The number of benzene rings is 1. The summed E-state index contributed by atoms with van der Waals surface area (Å²) >= 11 is 0. The highest BCUT2D eigenvalue weighted by Crippen LogP contribution is 2.31. The highest BCUT2D eigenvalue weighted by molar-refractivity contribution is 5.83. The van der Waals surface area contributed by atoms with Crippen molar-refractivity contribution in [1.29, 1.82) is 0 Å². The average molecular weight is 489 g/mol. The minimum absolute atomic E-state index is 0.0417. The molecular formula is C26H40N4O5. The number of hydrogen-bond acceptors (Lipinski definition) is 6. The SMILES string of the molecule is CNC(=O)CCN1C[C@H](CC(C)C)N2C(=O)[C@@H](CC(C)C)ON(C(=O)OCc3ccccc3)[C@H]2C1. The van der Waals surface area contributed by atoms with Gasteiger partial charge in [-0.15, -0.1) is 0 Å². The summed E-state index contributed by atoms with van der Waals surface area (Å²) in [5.74, 6) is 0.463. The lowest BCUT2D eigenvalue weighted by atomic mass is 9.96. The molecule has 2 heterocycles. The van der Waals surface area contributed by atoms with Crippen LogP contribution in [0.25, 0.3) is 0 Å². The van der Waals surface area contributed by atoms with Crippen LogP contribution in [-0.2, 0) is 25.8 Å². The Hall–Kier alpha value is -2.65. The van der Waals surface area contributed by atoms with E-state index in [-0.39, 0.29) is 30.4 Å². The molecule has 0 aliphatic carbocycles. The fraction of sp³-hybridized carbons (Fsp3) is 0.654. The topological polar surface area (TPSA) is 91.4 Å². The first-order valence-electron chi connectivity index (χ1n) is 12.6. The second-order valence-corrected chi connectivity index (χ2v) is 10.3. The second kappa shape index (κ2) is 12.4. The number of fused-ring (bicyclic) bond motifs is 1. The van der Waals surface area contributed by atoms with Gasteiger partial charge in [-0.3, -0.25) is 19.3 Å². The van der Waals surface area contributed by atoms with E-state index in [9.17, 15) is 14.4 Å². The number of hydroxylamine groups is 2. The fourth-order valence-corrected chi connectivity index (χ4v) is 4.77. The molecule has 2 fully saturated rings. The van der Waals surface area contributed by atoms with Crippen LogP contribution in [0.15, 0.2) is 30.3 Å². The predicted molar refractivity (Wildman–Crippen MR) is 132 cm³/mol. The first kappa shape index (κ1) is 26.9. The molecular weight excluding hydrogens is 448 g/mol. The van der Waals surface area contributed by atoms with Gasteiger partial charge in [0.25, 0.3) is 5.91 Å². The third-order valence-corrected chi connectivity index (χ3v) is 6.39. The van der Waals surface area contributed by atoms with E-state index in [0.717, 1.165) is 12.0 Å². The maximum atomic E-state index is 13.6. The minimum Gasteiger partial charge on any atom is -0.443 e. The third kappa shape index (κ3) is 7.18. The van der Waals surface area contributed by atoms with E-state index < -0.39 is 18.4 Å². The Bertz CT molecular complexity index is 863. The Morgan fingerprint density at radius 3 is 2.40 bits per heavy atom. The van der Waals surface area contributed by atoms with Gasteiger partial charge in [0.2, 0.25) is 5.91 Å². The molecule has 0 unspecified atom stereocenters. The van der Waals surface area contributed by atoms with Crippen molar-refractivity contribution in [2.24, 2.45) is 11.8 Å². The predicted octanol–water partition coefficient (Wildman–Crippen LogP) is 3.01. The van der Waals surface area contributed by atoms with Gasteiger partial charge in [-0.2, -0.15) is 5.06 Å². The van der Waals surface area contributed by atoms with Crippen LogP contribution in [0.4, 0.5) is 4.79 Å². The molecule has 0 radical (unpaired) electrons. The van der Waals surface area contributed by atoms with Crippen molar-refractivity contribution in [3.8, 4) is 0 Å². The zero-order chi connectivity index (χ0) is 25.5. The van der Waals surface area contributed by atoms with E-state index in [1.165, 1.54) is 5.06 Å². The van der Waals surface area contributed by atoms with Crippen molar-refractivity contribution < 1.29 is 24.0 Å². The summed E-state index contributed by atoms with van der Waals surface area (Å²) in [6.45, 7) is 10.0. The van der Waals surface area contributed by atoms with Crippen molar-refractivity contribution in [1.82, 2.24) is 20.2 Å². The van der Waals surface area contributed by atoms with Gasteiger partial charge in [0, 0.05) is 39.1 Å². The number of piperazine rings is 1. The number of nitrogens with one attached hydrogen (secondary N) is 1. The summed E-state index contributed by atoms with van der Waals surface area (Å²) in [5, 5.41) is 3.92. The van der Waals surface area contributed by atoms with Gasteiger partial charge < -0.3 is 15.0 Å². The monoisotopic (exact) mass is 488 g/mol. The molecule has 194 valence electrons. The highest BCUT2D eigenvalue weighted by Gasteiger charge is 2.50. The molecule has 9 heteroatoms. The van der Waals surface area contributed by atoms with Crippen LogP contribution >= 0.6 is 0 Å². The zero-order valence-corrected chi connectivity index (χ0v) is 21.6. The van der Waals surface area contributed by atoms with Gasteiger partial charge in [-0.1, -0.05) is 58.0 Å². The second-order valence-electron chi connectivity index (χ2n) is 10.3. The Kier molecular flexibility index (Phi) is 9.51. The van der Waals surface area contributed by atoms with Crippen LogP contribution in [0.3, 0.4) is 0 Å². The molecule has 3 atom stereocenters. The summed E-state index contributed by atoms with van der Waals surface area (Å²) in [7, 11) is 1.62. The Balaban J connectivity index is 1.85. The van der Waals surface area contributed by atoms with Crippen LogP contribution in [0, 0.1) is 11.8 Å². The van der Waals surface area contributed by atoms with Crippen molar-refractivity contribution >= 4 is 17.9 Å². The summed E-state index contributed by atoms with van der Waals surface area (Å²) in [6, 6.07) is 9.38. The molecule has 2 aliphatic rings. The maximum absolute atomic E-state index is 13.6. The van der Waals surface area contributed by atoms with E-state index in [4.69, 9.17) is 9.57 Å². The van der Waals surface area contributed by atoms with Gasteiger partial charge in [0.05, 0.1) is 0 Å². The summed E-state index contributed by atoms with van der Waals surface area (Å²) in [4.78, 5) is 48.8. The number of carbonyl (C=O) groups is 3. The van der Waals surface area contributed by atoms with Crippen LogP contribution < -0.4 is 5.32 Å². The van der Waals surface area contributed by atoms with Crippen molar-refractivity contribution in [3.63, 3.8) is 0 Å². The third-order valence-electron chi connectivity index (χ3n) is 6.39. The van der Waals surface area contributed by atoms with Crippen LogP contribution in [-0.4, -0.2) is 77.8 Å². The summed E-state index contributed by atoms with van der Waals surface area (Å²) in [6.07, 6.45) is -0.305. The van der Waals surface area contributed by atoms with Gasteiger partial charge in [-0.05, 0) is 30.2 Å². The van der Waals surface area contributed by atoms with Crippen molar-refractivity contribution in [3.05, 3.63) is 35.9 Å². The smallest absolute Gasteiger partial charge is 0.436 e. The fourth-order valence-electron chi connectivity index (χ4n) is 4.77. The number of amides is 3. The highest BCUT2D eigenvalue weighted by atomic mass is 16.7. The van der Waals surface area contributed by atoms with E-state index in [0.29, 0.717) is 38.4 Å². The summed E-state index contributed by atoms with van der Waals surface area (Å²) in [5.41, 5.74) is 0.873. The van der Waals surface area contributed by atoms with E-state index in [1.54, 1.807) is 7.05 Å². The van der Waals surface area contributed by atoms with Gasteiger partial charge in [0.15, 0.2) is 6.10 Å². The van der Waals surface area contributed by atoms with Gasteiger partial charge >= 0.3 is 6.09 Å². The molecule has 0 spiro atoms. The molecule has 1 aromatic rings. The molecule has 9 nitrogen and oxygen atoms in total. The molecule has 3 rings (SSSR count). The molecule has 35 heavy (non-hydrogen) atoms. The number of carbonyl (C=O) groups excluding carboxylic acids is 3. The largest absolute Gasteiger partial charge is 0.443 e. The first-order valence-corrected chi connectivity index (χ1v) is 12.6. The molecule has 0 aromatic heterocycles. The lowest BCUT2D eigenvalue weighted by molar-refractivity contribution is -0.272. The Morgan fingerprint density at radius 2 is 1.77 bits per heavy atom. The lowest BCUT2D eigenvalue weighted by Gasteiger charge is -2.53. The quantitative estimate of drug-likeness (QED) is 0.575. The normalized spacial score (nSPS) is 22.9. The lowest BCUT2D eigenvalue weighted by Crippen LogP contribution is -2.72. The van der Waals surface area contributed by atoms with Crippen LogP contribution in [0.5, 0.6) is 0 Å². The maximum Gasteiger partial charge on any atom is 0.436 e. The number of hydrogen-bond donors (Lipinski definition) is 1. The molecule has 1 aromatic carbocycles. The number of rotatable bonds is 9. The molecule has 1 N–H and O–H groups in total.